The average Bonchev–Trinajstić information content (AvgIpc) is 2.11. The molecule has 0 unspecified atom stereocenters. The second-order valence-corrected chi connectivity index (χ2v) is 3.73. The van der Waals surface area contributed by atoms with Crippen molar-refractivity contribution in [2.24, 2.45) is 0 Å². The number of ketones is 1. The molecule has 76 valence electrons. The molecule has 0 atom stereocenters. The summed E-state index contributed by atoms with van der Waals surface area (Å²) < 4.78 is 0. The highest BCUT2D eigenvalue weighted by atomic mass is 35.5. The molecule has 0 aromatic heterocycles. The van der Waals surface area contributed by atoms with Gasteiger partial charge in [-0.3, -0.25) is 4.79 Å². The van der Waals surface area contributed by atoms with E-state index in [4.69, 9.17) is 11.6 Å². The van der Waals surface area contributed by atoms with E-state index in [1.807, 2.05) is 6.92 Å². The molecule has 0 bridgehead atoms. The molecule has 14 heavy (non-hydrogen) atoms. The summed E-state index contributed by atoms with van der Waals surface area (Å²) >= 11 is 5.80. The minimum absolute atomic E-state index is 0.0489. The van der Waals surface area contributed by atoms with Crippen LogP contribution in [-0.4, -0.2) is 10.9 Å². The van der Waals surface area contributed by atoms with Crippen LogP contribution in [0.4, 0.5) is 0 Å². The van der Waals surface area contributed by atoms with Crippen LogP contribution >= 0.6 is 11.6 Å². The Kier molecular flexibility index (Phi) is 3.53. The van der Waals surface area contributed by atoms with Gasteiger partial charge in [-0.15, -0.1) is 0 Å². The van der Waals surface area contributed by atoms with Crippen LogP contribution in [0, 0.1) is 6.92 Å². The standard InChI is InChI=1S/C11H13ClO2/c1-3-4-10(13)9-6-8(12)5-7(2)11(9)14/h5-6,14H,3-4H2,1-2H3. The zero-order chi connectivity index (χ0) is 10.7. The zero-order valence-corrected chi connectivity index (χ0v) is 9.06. The topological polar surface area (TPSA) is 37.3 Å². The number of aromatic hydroxyl groups is 1. The fraction of sp³-hybridized carbons (Fsp3) is 0.364. The number of benzene rings is 1. The second-order valence-electron chi connectivity index (χ2n) is 3.29. The van der Waals surface area contributed by atoms with Gasteiger partial charge in [-0.05, 0) is 31.0 Å². The molecule has 1 rings (SSSR count). The Balaban J connectivity index is 3.13. The lowest BCUT2D eigenvalue weighted by Gasteiger charge is -2.06. The first-order valence-electron chi connectivity index (χ1n) is 4.58. The first-order chi connectivity index (χ1) is 6.56. The molecule has 0 heterocycles. The monoisotopic (exact) mass is 212 g/mol. The van der Waals surface area contributed by atoms with Crippen LogP contribution in [0.3, 0.4) is 0 Å². The number of rotatable bonds is 3. The van der Waals surface area contributed by atoms with E-state index in [2.05, 4.69) is 0 Å². The van der Waals surface area contributed by atoms with E-state index in [0.29, 0.717) is 22.6 Å². The summed E-state index contributed by atoms with van der Waals surface area (Å²) in [7, 11) is 0. The summed E-state index contributed by atoms with van der Waals surface area (Å²) in [5, 5.41) is 10.1. The van der Waals surface area contributed by atoms with Crippen molar-refractivity contribution in [2.45, 2.75) is 26.7 Å². The van der Waals surface area contributed by atoms with E-state index >= 15 is 0 Å². The summed E-state index contributed by atoms with van der Waals surface area (Å²) in [6, 6.07) is 3.15. The number of Topliss-reactive ketones (excluding diaryl/α,β-unsaturated/α-hetero) is 1. The Morgan fingerprint density at radius 3 is 2.71 bits per heavy atom. The Morgan fingerprint density at radius 1 is 1.50 bits per heavy atom. The maximum absolute atomic E-state index is 11.6. The number of hydrogen-bond acceptors (Lipinski definition) is 2. The van der Waals surface area contributed by atoms with Gasteiger partial charge in [0.2, 0.25) is 0 Å². The van der Waals surface area contributed by atoms with Crippen molar-refractivity contribution in [1.82, 2.24) is 0 Å². The van der Waals surface area contributed by atoms with Crippen LogP contribution in [0.5, 0.6) is 5.75 Å². The summed E-state index contributed by atoms with van der Waals surface area (Å²) in [5.41, 5.74) is 0.966. The van der Waals surface area contributed by atoms with E-state index in [9.17, 15) is 9.90 Å². The number of aryl methyl sites for hydroxylation is 1. The number of carbonyl (C=O) groups is 1. The van der Waals surface area contributed by atoms with Gasteiger partial charge in [-0.25, -0.2) is 0 Å². The van der Waals surface area contributed by atoms with E-state index in [1.165, 1.54) is 6.07 Å². The molecule has 0 saturated carbocycles. The Morgan fingerprint density at radius 2 is 2.14 bits per heavy atom. The quantitative estimate of drug-likeness (QED) is 0.781. The van der Waals surface area contributed by atoms with Crippen LogP contribution in [0.15, 0.2) is 12.1 Å². The molecular weight excluding hydrogens is 200 g/mol. The maximum atomic E-state index is 11.6. The van der Waals surface area contributed by atoms with Crippen molar-refractivity contribution in [3.8, 4) is 5.75 Å². The lowest BCUT2D eigenvalue weighted by Crippen LogP contribution is -1.99. The fourth-order valence-electron chi connectivity index (χ4n) is 1.31. The predicted octanol–water partition coefficient (Wildman–Crippen LogP) is 3.34. The molecule has 0 amide bonds. The van der Waals surface area contributed by atoms with Crippen LogP contribution in [0.25, 0.3) is 0 Å². The van der Waals surface area contributed by atoms with Gasteiger partial charge in [0.25, 0.3) is 0 Å². The lowest BCUT2D eigenvalue weighted by atomic mass is 10.0. The highest BCUT2D eigenvalue weighted by Crippen LogP contribution is 2.27. The minimum Gasteiger partial charge on any atom is -0.507 e. The largest absolute Gasteiger partial charge is 0.507 e. The number of carbonyl (C=O) groups excluding carboxylic acids is 1. The summed E-state index contributed by atoms with van der Waals surface area (Å²) in [4.78, 5) is 11.6. The zero-order valence-electron chi connectivity index (χ0n) is 8.30. The smallest absolute Gasteiger partial charge is 0.166 e. The van der Waals surface area contributed by atoms with E-state index in [1.54, 1.807) is 13.0 Å². The highest BCUT2D eigenvalue weighted by molar-refractivity contribution is 6.31. The van der Waals surface area contributed by atoms with Gasteiger partial charge in [-0.1, -0.05) is 18.5 Å². The van der Waals surface area contributed by atoms with E-state index in [-0.39, 0.29) is 11.5 Å². The first-order valence-corrected chi connectivity index (χ1v) is 4.96. The third-order valence-electron chi connectivity index (χ3n) is 2.04. The van der Waals surface area contributed by atoms with Crippen LogP contribution in [-0.2, 0) is 0 Å². The molecule has 0 aliphatic rings. The molecular formula is C11H13ClO2. The van der Waals surface area contributed by atoms with Gasteiger partial charge in [0, 0.05) is 11.4 Å². The summed E-state index contributed by atoms with van der Waals surface area (Å²) in [6.45, 7) is 3.65. The Hall–Kier alpha value is -1.02. The van der Waals surface area contributed by atoms with Crippen LogP contribution in [0.1, 0.15) is 35.7 Å². The van der Waals surface area contributed by atoms with Crippen molar-refractivity contribution in [3.63, 3.8) is 0 Å². The molecule has 1 N–H and O–H groups in total. The molecule has 2 nitrogen and oxygen atoms in total. The summed E-state index contributed by atoms with van der Waals surface area (Å²) in [5.74, 6) is -0.0107. The van der Waals surface area contributed by atoms with Gasteiger partial charge in [0.1, 0.15) is 5.75 Å². The molecule has 0 aliphatic heterocycles. The molecule has 1 aromatic carbocycles. The number of phenols is 1. The molecule has 0 aliphatic carbocycles. The Labute approximate surface area is 88.5 Å². The van der Waals surface area contributed by atoms with E-state index in [0.717, 1.165) is 6.42 Å². The second kappa shape index (κ2) is 4.47. The average molecular weight is 213 g/mol. The van der Waals surface area contributed by atoms with Crippen LogP contribution < -0.4 is 0 Å². The maximum Gasteiger partial charge on any atom is 0.166 e. The van der Waals surface area contributed by atoms with Gasteiger partial charge in [0.15, 0.2) is 5.78 Å². The van der Waals surface area contributed by atoms with Gasteiger partial charge >= 0.3 is 0 Å². The number of phenolic OH excluding ortho intramolecular Hbond substituents is 1. The number of halogens is 1. The van der Waals surface area contributed by atoms with E-state index < -0.39 is 0 Å². The lowest BCUT2D eigenvalue weighted by molar-refractivity contribution is 0.0979. The number of hydrogen-bond donors (Lipinski definition) is 1. The SMILES string of the molecule is CCCC(=O)c1cc(Cl)cc(C)c1O. The predicted molar refractivity (Wildman–Crippen MR) is 57.1 cm³/mol. The molecule has 0 saturated heterocycles. The third kappa shape index (κ3) is 2.26. The minimum atomic E-state index is -0.0596. The molecule has 0 spiro atoms. The highest BCUT2D eigenvalue weighted by Gasteiger charge is 2.12. The van der Waals surface area contributed by atoms with Gasteiger partial charge < -0.3 is 5.11 Å². The first kappa shape index (κ1) is 11.1. The molecule has 0 radical (unpaired) electrons. The third-order valence-corrected chi connectivity index (χ3v) is 2.26. The molecule has 0 fully saturated rings. The molecule has 1 aromatic rings. The van der Waals surface area contributed by atoms with Crippen molar-refractivity contribution in [2.75, 3.05) is 0 Å². The summed E-state index contributed by atoms with van der Waals surface area (Å²) in [6.07, 6.45) is 1.21. The van der Waals surface area contributed by atoms with Gasteiger partial charge in [0.05, 0.1) is 5.56 Å². The van der Waals surface area contributed by atoms with Gasteiger partial charge in [-0.2, -0.15) is 0 Å². The van der Waals surface area contributed by atoms with Crippen molar-refractivity contribution < 1.29 is 9.90 Å². The van der Waals surface area contributed by atoms with Crippen molar-refractivity contribution in [3.05, 3.63) is 28.3 Å². The van der Waals surface area contributed by atoms with Crippen LogP contribution in [0.2, 0.25) is 5.02 Å². The fourth-order valence-corrected chi connectivity index (χ4v) is 1.58. The molecule has 3 heteroatoms. The van der Waals surface area contributed by atoms with Crippen molar-refractivity contribution >= 4 is 17.4 Å². The van der Waals surface area contributed by atoms with Crippen molar-refractivity contribution in [1.29, 1.82) is 0 Å². The normalized spacial score (nSPS) is 10.2. The Bertz CT molecular complexity index is 359.